The van der Waals surface area contributed by atoms with Crippen molar-refractivity contribution in [1.82, 2.24) is 4.72 Å². The maximum absolute atomic E-state index is 11.8. The molecular weight excluding hydrogens is 262 g/mol. The monoisotopic (exact) mass is 275 g/mol. The quantitative estimate of drug-likeness (QED) is 0.838. The van der Waals surface area contributed by atoms with Gasteiger partial charge in [0.05, 0.1) is 17.0 Å². The summed E-state index contributed by atoms with van der Waals surface area (Å²) in [6.45, 7) is 5.56. The van der Waals surface area contributed by atoms with Gasteiger partial charge in [0.15, 0.2) is 0 Å². The highest BCUT2D eigenvalue weighted by Crippen LogP contribution is 2.26. The van der Waals surface area contributed by atoms with E-state index < -0.39 is 10.0 Å². The number of halogens is 1. The van der Waals surface area contributed by atoms with E-state index in [0.29, 0.717) is 5.75 Å². The Bertz CT molecular complexity index is 526. The zero-order valence-electron chi connectivity index (χ0n) is 9.66. The fraction of sp³-hybridized carbons (Fsp3) is 0.273. The van der Waals surface area contributed by atoms with E-state index in [-0.39, 0.29) is 16.5 Å². The van der Waals surface area contributed by atoms with Gasteiger partial charge in [0.1, 0.15) is 5.75 Å². The van der Waals surface area contributed by atoms with E-state index >= 15 is 0 Å². The first-order valence-corrected chi connectivity index (χ1v) is 6.70. The van der Waals surface area contributed by atoms with E-state index in [9.17, 15) is 8.42 Å². The molecule has 94 valence electrons. The molecule has 0 spiro atoms. The summed E-state index contributed by atoms with van der Waals surface area (Å²) in [6.07, 6.45) is 0. The van der Waals surface area contributed by atoms with Crippen LogP contribution in [0.5, 0.6) is 5.75 Å². The molecule has 1 aromatic rings. The molecule has 0 radical (unpaired) electrons. The van der Waals surface area contributed by atoms with Crippen LogP contribution in [0.3, 0.4) is 0 Å². The van der Waals surface area contributed by atoms with Gasteiger partial charge < -0.3 is 4.74 Å². The minimum Gasteiger partial charge on any atom is -0.495 e. The third kappa shape index (κ3) is 3.73. The van der Waals surface area contributed by atoms with Crippen LogP contribution >= 0.6 is 11.6 Å². The Balaban J connectivity index is 2.99. The summed E-state index contributed by atoms with van der Waals surface area (Å²) in [4.78, 5) is 0.101. The van der Waals surface area contributed by atoms with Crippen molar-refractivity contribution >= 4 is 21.6 Å². The maximum atomic E-state index is 11.8. The van der Waals surface area contributed by atoms with Gasteiger partial charge in [-0.2, -0.15) is 0 Å². The first-order chi connectivity index (χ1) is 7.86. The maximum Gasteiger partial charge on any atom is 0.240 e. The second-order valence-electron chi connectivity index (χ2n) is 3.58. The number of rotatable bonds is 5. The minimum atomic E-state index is -3.55. The summed E-state index contributed by atoms with van der Waals surface area (Å²) in [5, 5.41) is 0.255. The average Bonchev–Trinajstić information content (AvgIpc) is 2.26. The Labute approximate surface area is 106 Å². The summed E-state index contributed by atoms with van der Waals surface area (Å²) in [7, 11) is -2.09. The molecule has 0 bridgehead atoms. The van der Waals surface area contributed by atoms with E-state index in [1.807, 2.05) is 0 Å². The minimum absolute atomic E-state index is 0.101. The molecule has 1 aromatic carbocycles. The number of ether oxygens (including phenoxy) is 1. The van der Waals surface area contributed by atoms with E-state index in [1.165, 1.54) is 25.3 Å². The summed E-state index contributed by atoms with van der Waals surface area (Å²) in [5.74, 6) is 0.436. The lowest BCUT2D eigenvalue weighted by atomic mass is 10.3. The van der Waals surface area contributed by atoms with Gasteiger partial charge in [0.25, 0.3) is 0 Å². The number of sulfonamides is 1. The van der Waals surface area contributed by atoms with E-state index in [0.717, 1.165) is 5.57 Å². The molecule has 0 unspecified atom stereocenters. The highest BCUT2D eigenvalue weighted by molar-refractivity contribution is 7.89. The van der Waals surface area contributed by atoms with Crippen LogP contribution in [0.15, 0.2) is 35.2 Å². The van der Waals surface area contributed by atoms with Crippen molar-refractivity contribution < 1.29 is 13.2 Å². The van der Waals surface area contributed by atoms with Gasteiger partial charge >= 0.3 is 0 Å². The second-order valence-corrected chi connectivity index (χ2v) is 5.75. The molecule has 0 aliphatic carbocycles. The van der Waals surface area contributed by atoms with Crippen molar-refractivity contribution in [2.75, 3.05) is 13.7 Å². The third-order valence-electron chi connectivity index (χ3n) is 2.00. The lowest BCUT2D eigenvalue weighted by molar-refractivity contribution is 0.414. The normalized spacial score (nSPS) is 11.2. The topological polar surface area (TPSA) is 55.4 Å². The number of hydrogen-bond acceptors (Lipinski definition) is 3. The number of methoxy groups -OCH3 is 1. The van der Waals surface area contributed by atoms with Crippen LogP contribution in [0.2, 0.25) is 5.02 Å². The van der Waals surface area contributed by atoms with Crippen LogP contribution < -0.4 is 9.46 Å². The summed E-state index contributed by atoms with van der Waals surface area (Å²) in [6, 6.07) is 4.30. The number of benzene rings is 1. The predicted octanol–water partition coefficient (Wildman–Crippen LogP) is 2.20. The Hall–Kier alpha value is -1.04. The molecule has 0 saturated carbocycles. The van der Waals surface area contributed by atoms with Gasteiger partial charge in [-0.15, -0.1) is 0 Å². The Kier molecular flexibility index (Phi) is 4.56. The lowest BCUT2D eigenvalue weighted by Crippen LogP contribution is -2.25. The van der Waals surface area contributed by atoms with Crippen molar-refractivity contribution in [3.05, 3.63) is 35.4 Å². The molecule has 4 nitrogen and oxygen atoms in total. The Morgan fingerprint density at radius 2 is 2.18 bits per heavy atom. The van der Waals surface area contributed by atoms with Crippen LogP contribution in [0.4, 0.5) is 0 Å². The molecule has 0 heterocycles. The van der Waals surface area contributed by atoms with Gasteiger partial charge in [-0.3, -0.25) is 0 Å². The second kappa shape index (κ2) is 5.53. The molecule has 0 amide bonds. The fourth-order valence-corrected chi connectivity index (χ4v) is 2.56. The van der Waals surface area contributed by atoms with Crippen molar-refractivity contribution in [3.63, 3.8) is 0 Å². The molecule has 0 fully saturated rings. The van der Waals surface area contributed by atoms with Crippen molar-refractivity contribution in [3.8, 4) is 5.75 Å². The largest absolute Gasteiger partial charge is 0.495 e. The summed E-state index contributed by atoms with van der Waals surface area (Å²) >= 11 is 5.86. The number of hydrogen-bond donors (Lipinski definition) is 1. The first kappa shape index (κ1) is 14.0. The highest BCUT2D eigenvalue weighted by atomic mass is 35.5. The molecule has 17 heavy (non-hydrogen) atoms. The van der Waals surface area contributed by atoms with E-state index in [4.69, 9.17) is 16.3 Å². The van der Waals surface area contributed by atoms with Gasteiger partial charge in [0.2, 0.25) is 10.0 Å². The zero-order valence-corrected chi connectivity index (χ0v) is 11.2. The molecular formula is C11H14ClNO3S. The van der Waals surface area contributed by atoms with Crippen LogP contribution in [-0.4, -0.2) is 22.1 Å². The molecule has 0 atom stereocenters. The van der Waals surface area contributed by atoms with E-state index in [1.54, 1.807) is 6.92 Å². The summed E-state index contributed by atoms with van der Waals surface area (Å²) < 4.78 is 31.0. The summed E-state index contributed by atoms with van der Waals surface area (Å²) in [5.41, 5.74) is 0.730. The SMILES string of the molecule is C=C(C)CNS(=O)(=O)c1ccc(OC)c(Cl)c1. The Morgan fingerprint density at radius 3 is 2.65 bits per heavy atom. The lowest BCUT2D eigenvalue weighted by Gasteiger charge is -2.08. The van der Waals surface area contributed by atoms with Gasteiger partial charge in [-0.1, -0.05) is 23.8 Å². The molecule has 1 N–H and O–H groups in total. The smallest absolute Gasteiger partial charge is 0.240 e. The third-order valence-corrected chi connectivity index (χ3v) is 3.69. The van der Waals surface area contributed by atoms with Crippen molar-refractivity contribution in [1.29, 1.82) is 0 Å². The van der Waals surface area contributed by atoms with Crippen LogP contribution in [0.25, 0.3) is 0 Å². The van der Waals surface area contributed by atoms with Crippen LogP contribution in [-0.2, 0) is 10.0 Å². The molecule has 0 aliphatic heterocycles. The average molecular weight is 276 g/mol. The molecule has 0 aromatic heterocycles. The fourth-order valence-electron chi connectivity index (χ4n) is 1.12. The van der Waals surface area contributed by atoms with Gasteiger partial charge in [-0.05, 0) is 25.1 Å². The Morgan fingerprint density at radius 1 is 1.53 bits per heavy atom. The van der Waals surface area contributed by atoms with Crippen LogP contribution in [0, 0.1) is 0 Å². The molecule has 6 heteroatoms. The molecule has 1 rings (SSSR count). The highest BCUT2D eigenvalue weighted by Gasteiger charge is 2.15. The van der Waals surface area contributed by atoms with Crippen molar-refractivity contribution in [2.24, 2.45) is 0 Å². The molecule has 0 saturated heterocycles. The standard InChI is InChI=1S/C11H14ClNO3S/c1-8(2)7-13-17(14,15)9-4-5-11(16-3)10(12)6-9/h4-6,13H,1,7H2,2-3H3. The zero-order chi connectivity index (χ0) is 13.1. The van der Waals surface area contributed by atoms with E-state index in [2.05, 4.69) is 11.3 Å². The predicted molar refractivity (Wildman–Crippen MR) is 68.0 cm³/mol. The molecule has 0 aliphatic rings. The van der Waals surface area contributed by atoms with Crippen LogP contribution in [0.1, 0.15) is 6.92 Å². The van der Waals surface area contributed by atoms with Crippen molar-refractivity contribution in [2.45, 2.75) is 11.8 Å². The van der Waals surface area contributed by atoms with Gasteiger partial charge in [0, 0.05) is 6.54 Å². The van der Waals surface area contributed by atoms with Gasteiger partial charge in [-0.25, -0.2) is 13.1 Å². The first-order valence-electron chi connectivity index (χ1n) is 4.84. The number of nitrogens with one attached hydrogen (secondary N) is 1.